The molecule has 0 unspecified atom stereocenters. The third-order valence-corrected chi connectivity index (χ3v) is 2.08. The van der Waals surface area contributed by atoms with Crippen LogP contribution < -0.4 is 4.74 Å². The predicted molar refractivity (Wildman–Crippen MR) is 63.2 cm³/mol. The molecule has 1 aromatic carbocycles. The number of hydrogen-bond acceptors (Lipinski definition) is 4. The van der Waals surface area contributed by atoms with Gasteiger partial charge in [-0.05, 0) is 25.1 Å². The minimum atomic E-state index is -0.437. The lowest BCUT2D eigenvalue weighted by Gasteiger charge is -2.06. The van der Waals surface area contributed by atoms with Crippen LogP contribution in [-0.2, 0) is 9.53 Å². The number of hydrogen-bond donors (Lipinski definition) is 0. The topological polar surface area (TPSA) is 52.6 Å². The van der Waals surface area contributed by atoms with Gasteiger partial charge in [0.2, 0.25) is 0 Å². The molecule has 0 aliphatic carbocycles. The Morgan fingerprint density at radius 2 is 2.18 bits per heavy atom. The molecule has 90 valence electrons. The van der Waals surface area contributed by atoms with E-state index in [1.165, 1.54) is 19.3 Å². The van der Waals surface area contributed by atoms with Gasteiger partial charge < -0.3 is 9.47 Å². The van der Waals surface area contributed by atoms with E-state index in [-0.39, 0.29) is 6.61 Å². The summed E-state index contributed by atoms with van der Waals surface area (Å²) in [5, 5.41) is 0. The van der Waals surface area contributed by atoms with Crippen LogP contribution in [0.3, 0.4) is 0 Å². The maximum absolute atomic E-state index is 10.8. The maximum atomic E-state index is 10.8. The van der Waals surface area contributed by atoms with Crippen LogP contribution in [0.15, 0.2) is 30.4 Å². The highest BCUT2D eigenvalue weighted by Gasteiger charge is 2.01. The fraction of sp³-hybridized carbons (Fsp3) is 0.231. The molecule has 0 fully saturated rings. The van der Waals surface area contributed by atoms with E-state index in [1.54, 1.807) is 12.1 Å². The second kappa shape index (κ2) is 6.48. The summed E-state index contributed by atoms with van der Waals surface area (Å²) in [5.74, 6) is 0.0632. The Kier molecular flexibility index (Phi) is 4.94. The summed E-state index contributed by atoms with van der Waals surface area (Å²) in [6, 6.07) is 5.32. The number of carbonyl (C=O) groups excluding carboxylic acids is 2. The summed E-state index contributed by atoms with van der Waals surface area (Å²) in [7, 11) is 1.30. The van der Waals surface area contributed by atoms with Crippen molar-refractivity contribution in [2.75, 3.05) is 13.7 Å². The summed E-state index contributed by atoms with van der Waals surface area (Å²) in [6.45, 7) is 2.10. The van der Waals surface area contributed by atoms with E-state index in [0.717, 1.165) is 11.8 Å². The molecule has 0 aromatic heterocycles. The lowest BCUT2D eigenvalue weighted by Crippen LogP contribution is -2.00. The third-order valence-electron chi connectivity index (χ3n) is 2.08. The van der Waals surface area contributed by atoms with E-state index >= 15 is 0 Å². The minimum absolute atomic E-state index is 0.207. The van der Waals surface area contributed by atoms with Crippen LogP contribution in [0.5, 0.6) is 5.75 Å². The molecular formula is C13H14O4. The Morgan fingerprint density at radius 1 is 1.41 bits per heavy atom. The molecule has 4 heteroatoms. The summed E-state index contributed by atoms with van der Waals surface area (Å²) in [6.07, 6.45) is 3.54. The van der Waals surface area contributed by atoms with Gasteiger partial charge in [0.1, 0.15) is 12.4 Å². The van der Waals surface area contributed by atoms with E-state index in [4.69, 9.17) is 4.74 Å². The lowest BCUT2D eigenvalue weighted by atomic mass is 10.1. The highest BCUT2D eigenvalue weighted by Crippen LogP contribution is 2.17. The Hall–Kier alpha value is -2.10. The van der Waals surface area contributed by atoms with E-state index in [1.807, 2.05) is 13.0 Å². The number of benzene rings is 1. The van der Waals surface area contributed by atoms with Crippen molar-refractivity contribution in [2.45, 2.75) is 6.92 Å². The molecule has 17 heavy (non-hydrogen) atoms. The molecule has 0 radical (unpaired) electrons. The molecule has 1 aromatic rings. The second-order valence-electron chi connectivity index (χ2n) is 3.40. The van der Waals surface area contributed by atoms with Gasteiger partial charge in [-0.3, -0.25) is 4.79 Å². The van der Waals surface area contributed by atoms with Gasteiger partial charge in [0, 0.05) is 6.08 Å². The highest BCUT2D eigenvalue weighted by atomic mass is 16.5. The molecule has 0 amide bonds. The van der Waals surface area contributed by atoms with Crippen LogP contribution >= 0.6 is 0 Å². The quantitative estimate of drug-likeness (QED) is 0.443. The monoisotopic (exact) mass is 234 g/mol. The zero-order valence-electron chi connectivity index (χ0n) is 9.80. The van der Waals surface area contributed by atoms with Crippen LogP contribution in [0, 0.1) is 6.92 Å². The fourth-order valence-electron chi connectivity index (χ4n) is 1.24. The van der Waals surface area contributed by atoms with Crippen molar-refractivity contribution < 1.29 is 19.1 Å². The van der Waals surface area contributed by atoms with Crippen LogP contribution in [0.1, 0.15) is 15.9 Å². The van der Waals surface area contributed by atoms with E-state index < -0.39 is 5.97 Å². The van der Waals surface area contributed by atoms with E-state index in [0.29, 0.717) is 11.3 Å². The van der Waals surface area contributed by atoms with Crippen molar-refractivity contribution in [3.8, 4) is 5.75 Å². The fourth-order valence-corrected chi connectivity index (χ4v) is 1.24. The second-order valence-corrected chi connectivity index (χ2v) is 3.40. The molecule has 0 bridgehead atoms. The number of rotatable bonds is 5. The number of aryl methyl sites for hydroxylation is 1. The van der Waals surface area contributed by atoms with Crippen molar-refractivity contribution in [1.82, 2.24) is 0 Å². The number of esters is 1. The SMILES string of the molecule is COC(=O)/C=C/COc1ccc(C)cc1C=O. The first-order valence-electron chi connectivity index (χ1n) is 5.10. The van der Waals surface area contributed by atoms with E-state index in [9.17, 15) is 9.59 Å². The van der Waals surface area contributed by atoms with Gasteiger partial charge in [-0.1, -0.05) is 11.6 Å². The van der Waals surface area contributed by atoms with Crippen molar-refractivity contribution in [2.24, 2.45) is 0 Å². The van der Waals surface area contributed by atoms with Crippen molar-refractivity contribution in [3.05, 3.63) is 41.5 Å². The van der Waals surface area contributed by atoms with Gasteiger partial charge in [0.15, 0.2) is 6.29 Å². The molecule has 0 N–H and O–H groups in total. The number of carbonyl (C=O) groups is 2. The normalized spacial score (nSPS) is 10.2. The first-order chi connectivity index (χ1) is 8.17. The van der Waals surface area contributed by atoms with Crippen LogP contribution in [0.4, 0.5) is 0 Å². The van der Waals surface area contributed by atoms with Crippen LogP contribution in [-0.4, -0.2) is 26.0 Å². The molecule has 0 atom stereocenters. The molecule has 4 nitrogen and oxygen atoms in total. The molecule has 0 saturated heterocycles. The Labute approximate surface area is 99.8 Å². The number of ether oxygens (including phenoxy) is 2. The summed E-state index contributed by atoms with van der Waals surface area (Å²) in [4.78, 5) is 21.6. The lowest BCUT2D eigenvalue weighted by molar-refractivity contribution is -0.134. The van der Waals surface area contributed by atoms with Gasteiger partial charge in [-0.25, -0.2) is 4.79 Å². The number of methoxy groups -OCH3 is 1. The molecule has 0 aliphatic heterocycles. The zero-order chi connectivity index (χ0) is 12.7. The largest absolute Gasteiger partial charge is 0.489 e. The Bertz CT molecular complexity index is 435. The highest BCUT2D eigenvalue weighted by molar-refractivity contribution is 5.81. The van der Waals surface area contributed by atoms with Gasteiger partial charge in [0.25, 0.3) is 0 Å². The summed E-state index contributed by atoms with van der Waals surface area (Å²) < 4.78 is 9.78. The first-order valence-corrected chi connectivity index (χ1v) is 5.10. The van der Waals surface area contributed by atoms with Gasteiger partial charge in [0.05, 0.1) is 12.7 Å². The maximum Gasteiger partial charge on any atom is 0.330 e. The Morgan fingerprint density at radius 3 is 2.82 bits per heavy atom. The standard InChI is InChI=1S/C13H14O4/c1-10-5-6-12(11(8-10)9-14)17-7-3-4-13(15)16-2/h3-6,8-9H,7H2,1-2H3/b4-3+. The number of aldehydes is 1. The van der Waals surface area contributed by atoms with Gasteiger partial charge >= 0.3 is 5.97 Å². The van der Waals surface area contributed by atoms with Gasteiger partial charge in [-0.15, -0.1) is 0 Å². The van der Waals surface area contributed by atoms with E-state index in [2.05, 4.69) is 4.74 Å². The molecule has 0 spiro atoms. The first kappa shape index (κ1) is 13.0. The van der Waals surface area contributed by atoms with Crippen molar-refractivity contribution in [3.63, 3.8) is 0 Å². The third kappa shape index (κ3) is 4.10. The molecule has 0 saturated carbocycles. The van der Waals surface area contributed by atoms with Crippen molar-refractivity contribution in [1.29, 1.82) is 0 Å². The average Bonchev–Trinajstić information content (AvgIpc) is 2.35. The Balaban J connectivity index is 2.60. The molecular weight excluding hydrogens is 220 g/mol. The molecule has 0 heterocycles. The summed E-state index contributed by atoms with van der Waals surface area (Å²) >= 11 is 0. The molecule has 1 rings (SSSR count). The zero-order valence-corrected chi connectivity index (χ0v) is 9.80. The smallest absolute Gasteiger partial charge is 0.330 e. The summed E-state index contributed by atoms with van der Waals surface area (Å²) in [5.41, 5.74) is 1.49. The predicted octanol–water partition coefficient (Wildman–Crippen LogP) is 1.92. The van der Waals surface area contributed by atoms with Crippen LogP contribution in [0.2, 0.25) is 0 Å². The van der Waals surface area contributed by atoms with Crippen LogP contribution in [0.25, 0.3) is 0 Å². The average molecular weight is 234 g/mol. The molecule has 0 aliphatic rings. The minimum Gasteiger partial charge on any atom is -0.489 e. The van der Waals surface area contributed by atoms with Crippen molar-refractivity contribution >= 4 is 12.3 Å². The van der Waals surface area contributed by atoms with Gasteiger partial charge in [-0.2, -0.15) is 0 Å².